The van der Waals surface area contributed by atoms with Gasteiger partial charge in [0, 0.05) is 17.0 Å². The zero-order chi connectivity index (χ0) is 14.9. The number of hydrogen-bond donors (Lipinski definition) is 0. The van der Waals surface area contributed by atoms with Crippen molar-refractivity contribution in [3.63, 3.8) is 0 Å². The smallest absolute Gasteiger partial charge is 0.292 e. The molecule has 0 radical (unpaired) electrons. The number of nitrogens with zero attached hydrogens (tertiary/aromatic N) is 1. The van der Waals surface area contributed by atoms with E-state index in [2.05, 4.69) is 6.92 Å². The van der Waals surface area contributed by atoms with E-state index in [1.165, 1.54) is 0 Å². The van der Waals surface area contributed by atoms with E-state index in [1.54, 1.807) is 4.90 Å². The molecule has 6 heteroatoms. The number of anilines is 1. The van der Waals surface area contributed by atoms with Crippen molar-refractivity contribution in [3.05, 3.63) is 23.8 Å². The first kappa shape index (κ1) is 15.2. The first-order chi connectivity index (χ1) is 10.2. The average molecular weight is 328 g/mol. The van der Waals surface area contributed by atoms with Gasteiger partial charge in [0.05, 0.1) is 18.9 Å². The van der Waals surface area contributed by atoms with Gasteiger partial charge in [-0.1, -0.05) is 13.3 Å². The Labute approximate surface area is 133 Å². The fourth-order valence-corrected chi connectivity index (χ4v) is 3.38. The number of carbonyl (C=O) groups excluding carboxylic acids is 1. The van der Waals surface area contributed by atoms with Crippen molar-refractivity contribution in [3.8, 4) is 0 Å². The van der Waals surface area contributed by atoms with E-state index >= 15 is 0 Å². The molecule has 1 amide bonds. The maximum Gasteiger partial charge on any atom is 0.292 e. The lowest BCUT2D eigenvalue weighted by molar-refractivity contribution is -0.256. The normalized spacial score (nSPS) is 20.1. The molecule has 1 fully saturated rings. The van der Waals surface area contributed by atoms with Crippen LogP contribution in [-0.2, 0) is 20.1 Å². The fourth-order valence-electron chi connectivity index (χ4n) is 2.81. The second-order valence-corrected chi connectivity index (χ2v) is 6.32. The van der Waals surface area contributed by atoms with E-state index in [9.17, 15) is 4.79 Å². The van der Waals surface area contributed by atoms with E-state index in [0.29, 0.717) is 19.8 Å². The van der Waals surface area contributed by atoms with Crippen LogP contribution in [0.4, 0.5) is 5.69 Å². The highest BCUT2D eigenvalue weighted by Gasteiger charge is 2.54. The Hall–Kier alpha value is -0.750. The summed E-state index contributed by atoms with van der Waals surface area (Å²) in [5, 5.41) is 0. The molecule has 0 saturated carbocycles. The summed E-state index contributed by atoms with van der Waals surface area (Å²) >= 11 is 0. The van der Waals surface area contributed by atoms with Crippen LogP contribution in [0.5, 0.6) is 0 Å². The van der Waals surface area contributed by atoms with Crippen LogP contribution in [-0.4, -0.2) is 25.7 Å². The van der Waals surface area contributed by atoms with E-state index in [4.69, 9.17) is 20.2 Å². The topological polar surface area (TPSA) is 38.8 Å². The van der Waals surface area contributed by atoms with Crippen molar-refractivity contribution in [2.24, 2.45) is 0 Å². The Kier molecular flexibility index (Phi) is 4.45. The standard InChI is InChI=1S/C15H18ClNO3S/c1-2-3-7-17-13-6-5-11(21-16)10-12(13)15(14(17)18)19-8-4-9-20-15/h5-6,10H,2-4,7-9H2,1H3. The molecule has 0 unspecified atom stereocenters. The SMILES string of the molecule is CCCCN1C(=O)C2(OCCCO2)c2cc(SCl)ccc21. The molecule has 0 bridgehead atoms. The summed E-state index contributed by atoms with van der Waals surface area (Å²) in [6, 6.07) is 5.76. The summed E-state index contributed by atoms with van der Waals surface area (Å²) in [5.41, 5.74) is 1.67. The lowest BCUT2D eigenvalue weighted by Crippen LogP contribution is -2.47. The molecule has 2 aliphatic rings. The molecular weight excluding hydrogens is 310 g/mol. The number of unbranched alkanes of at least 4 members (excludes halogenated alkanes) is 1. The minimum absolute atomic E-state index is 0.109. The molecule has 1 aromatic rings. The Morgan fingerprint density at radius 3 is 2.81 bits per heavy atom. The van der Waals surface area contributed by atoms with Crippen LogP contribution in [0.2, 0.25) is 0 Å². The largest absolute Gasteiger partial charge is 0.338 e. The lowest BCUT2D eigenvalue weighted by atomic mass is 10.1. The molecule has 2 aliphatic heterocycles. The predicted molar refractivity (Wildman–Crippen MR) is 83.6 cm³/mol. The van der Waals surface area contributed by atoms with Gasteiger partial charge in [0.25, 0.3) is 11.7 Å². The van der Waals surface area contributed by atoms with Crippen molar-refractivity contribution in [1.29, 1.82) is 0 Å². The van der Waals surface area contributed by atoms with Crippen molar-refractivity contribution >= 4 is 33.3 Å². The number of ether oxygens (including phenoxy) is 2. The van der Waals surface area contributed by atoms with E-state index in [0.717, 1.165) is 46.4 Å². The van der Waals surface area contributed by atoms with Crippen LogP contribution in [0.3, 0.4) is 0 Å². The summed E-state index contributed by atoms with van der Waals surface area (Å²) in [6.45, 7) is 3.86. The monoisotopic (exact) mass is 327 g/mol. The van der Waals surface area contributed by atoms with Crippen molar-refractivity contribution in [2.45, 2.75) is 36.9 Å². The molecule has 0 aromatic heterocycles. The first-order valence-corrected chi connectivity index (χ1v) is 8.90. The molecule has 1 aromatic carbocycles. The second kappa shape index (κ2) is 6.16. The zero-order valence-electron chi connectivity index (χ0n) is 11.9. The Morgan fingerprint density at radius 1 is 1.38 bits per heavy atom. The molecule has 1 spiro atoms. The summed E-state index contributed by atoms with van der Waals surface area (Å²) < 4.78 is 11.6. The van der Waals surface area contributed by atoms with Gasteiger partial charge in [0.1, 0.15) is 0 Å². The fraction of sp³-hybridized carbons (Fsp3) is 0.533. The molecule has 1 saturated heterocycles. The second-order valence-electron chi connectivity index (χ2n) is 5.23. The number of fused-ring (bicyclic) bond motifs is 2. The van der Waals surface area contributed by atoms with Gasteiger partial charge in [0.2, 0.25) is 0 Å². The van der Waals surface area contributed by atoms with Crippen molar-refractivity contribution in [2.75, 3.05) is 24.7 Å². The van der Waals surface area contributed by atoms with Gasteiger partial charge >= 0.3 is 0 Å². The van der Waals surface area contributed by atoms with E-state index in [1.807, 2.05) is 18.2 Å². The molecule has 0 N–H and O–H groups in total. The number of carbonyl (C=O) groups is 1. The van der Waals surface area contributed by atoms with Gasteiger partial charge in [-0.3, -0.25) is 4.79 Å². The Morgan fingerprint density at radius 2 is 2.14 bits per heavy atom. The first-order valence-electron chi connectivity index (χ1n) is 7.26. The Bertz CT molecular complexity index is 546. The average Bonchev–Trinajstić information content (AvgIpc) is 2.75. The van der Waals surface area contributed by atoms with Crippen LogP contribution in [0.15, 0.2) is 23.1 Å². The van der Waals surface area contributed by atoms with E-state index in [-0.39, 0.29) is 5.91 Å². The summed E-state index contributed by atoms with van der Waals surface area (Å²) in [4.78, 5) is 15.6. The van der Waals surface area contributed by atoms with Crippen molar-refractivity contribution in [1.82, 2.24) is 0 Å². The molecule has 2 heterocycles. The summed E-state index contributed by atoms with van der Waals surface area (Å²) in [7, 11) is 6.98. The zero-order valence-corrected chi connectivity index (χ0v) is 13.5. The van der Waals surface area contributed by atoms with Crippen LogP contribution in [0, 0.1) is 0 Å². The molecule has 114 valence electrons. The number of benzene rings is 1. The number of hydrogen-bond acceptors (Lipinski definition) is 4. The van der Waals surface area contributed by atoms with Crippen LogP contribution >= 0.6 is 21.7 Å². The van der Waals surface area contributed by atoms with Gasteiger partial charge in [-0.25, -0.2) is 0 Å². The van der Waals surface area contributed by atoms with Crippen molar-refractivity contribution < 1.29 is 14.3 Å². The maximum atomic E-state index is 12.9. The van der Waals surface area contributed by atoms with Gasteiger partial charge in [-0.2, -0.15) is 0 Å². The predicted octanol–water partition coefficient (Wildman–Crippen LogP) is 3.67. The molecule has 0 atom stereocenters. The maximum absolute atomic E-state index is 12.9. The summed E-state index contributed by atoms with van der Waals surface area (Å²) in [6.07, 6.45) is 2.79. The van der Waals surface area contributed by atoms with Gasteiger partial charge in [-0.05, 0) is 52.7 Å². The molecular formula is C15H18ClNO3S. The third kappa shape index (κ3) is 2.46. The molecule has 0 aliphatic carbocycles. The third-order valence-electron chi connectivity index (χ3n) is 3.86. The number of halogens is 1. The molecule has 4 nitrogen and oxygen atoms in total. The van der Waals surface area contributed by atoms with Crippen LogP contribution in [0.1, 0.15) is 31.7 Å². The van der Waals surface area contributed by atoms with Gasteiger partial charge < -0.3 is 14.4 Å². The highest BCUT2D eigenvalue weighted by Crippen LogP contribution is 2.46. The van der Waals surface area contributed by atoms with Crippen LogP contribution in [0.25, 0.3) is 0 Å². The minimum Gasteiger partial charge on any atom is -0.338 e. The van der Waals surface area contributed by atoms with Gasteiger partial charge in [-0.15, -0.1) is 0 Å². The lowest BCUT2D eigenvalue weighted by Gasteiger charge is -2.32. The number of rotatable bonds is 4. The highest BCUT2D eigenvalue weighted by molar-refractivity contribution is 8.21. The van der Waals surface area contributed by atoms with E-state index < -0.39 is 5.79 Å². The number of amides is 1. The highest BCUT2D eigenvalue weighted by atomic mass is 35.7. The Balaban J connectivity index is 2.05. The molecule has 3 rings (SSSR count). The van der Waals surface area contributed by atoms with Gasteiger partial charge in [0.15, 0.2) is 0 Å². The third-order valence-corrected chi connectivity index (χ3v) is 4.83. The minimum atomic E-state index is -1.26. The molecule has 21 heavy (non-hydrogen) atoms. The summed E-state index contributed by atoms with van der Waals surface area (Å²) in [5.74, 6) is -1.37. The van der Waals surface area contributed by atoms with Crippen LogP contribution < -0.4 is 4.90 Å². The quantitative estimate of drug-likeness (QED) is 0.845.